The van der Waals surface area contributed by atoms with Gasteiger partial charge in [0.1, 0.15) is 16.4 Å². The molecule has 1 aliphatic carbocycles. The van der Waals surface area contributed by atoms with Crippen molar-refractivity contribution in [2.75, 3.05) is 14.1 Å². The van der Waals surface area contributed by atoms with Gasteiger partial charge >= 0.3 is 5.95 Å². The third-order valence-electron chi connectivity index (χ3n) is 5.83. The van der Waals surface area contributed by atoms with Gasteiger partial charge in [-0.3, -0.25) is 9.79 Å². The smallest absolute Gasteiger partial charge is 0.371 e. The molecule has 164 valence electrons. The molecule has 7 nitrogen and oxygen atoms in total. The molecule has 0 unspecified atom stereocenters. The molecule has 2 N–H and O–H groups in total. The number of amidine groups is 1. The average molecular weight is 455 g/mol. The van der Waals surface area contributed by atoms with Crippen LogP contribution < -0.4 is 5.73 Å². The number of carbonyl (C=O) groups excluding carboxylic acids is 1. The second-order valence-electron chi connectivity index (χ2n) is 8.16. The van der Waals surface area contributed by atoms with Crippen LogP contribution in [0.2, 0.25) is 0 Å². The molecule has 32 heavy (non-hydrogen) atoms. The Balaban J connectivity index is 1.72. The minimum absolute atomic E-state index is 0.0793. The van der Waals surface area contributed by atoms with E-state index in [1.54, 1.807) is 21.0 Å². The zero-order chi connectivity index (χ0) is 23.3. The maximum atomic E-state index is 15.0. The van der Waals surface area contributed by atoms with Crippen molar-refractivity contribution < 1.29 is 13.6 Å². The van der Waals surface area contributed by atoms with E-state index in [2.05, 4.69) is 19.8 Å². The minimum atomic E-state index is -1.06. The molecule has 1 aromatic heterocycles. The van der Waals surface area contributed by atoms with Crippen LogP contribution in [0.1, 0.15) is 30.0 Å². The van der Waals surface area contributed by atoms with Crippen LogP contribution in [0, 0.1) is 18.3 Å². The van der Waals surface area contributed by atoms with Crippen molar-refractivity contribution in [1.29, 1.82) is 0 Å². The molecule has 1 aromatic carbocycles. The van der Waals surface area contributed by atoms with E-state index in [1.807, 2.05) is 0 Å². The number of nitrogens with two attached hydrogens (primary N) is 1. The number of aromatic nitrogens is 2. The lowest BCUT2D eigenvalue weighted by molar-refractivity contribution is -0.129. The van der Waals surface area contributed by atoms with Crippen molar-refractivity contribution in [3.63, 3.8) is 0 Å². The summed E-state index contributed by atoms with van der Waals surface area (Å²) in [6.07, 6.45) is 4.19. The monoisotopic (exact) mass is 454 g/mol. The quantitative estimate of drug-likeness (QED) is 0.711. The number of hydrogen-bond acceptors (Lipinski definition) is 6. The second-order valence-corrected chi connectivity index (χ2v) is 9.51. The Labute approximate surface area is 188 Å². The van der Waals surface area contributed by atoms with E-state index < -0.39 is 21.9 Å². The number of halogens is 2. The van der Waals surface area contributed by atoms with E-state index in [9.17, 15) is 13.6 Å². The number of amides is 1. The van der Waals surface area contributed by atoms with Gasteiger partial charge in [-0.25, -0.2) is 8.78 Å². The predicted molar refractivity (Wildman–Crippen MR) is 120 cm³/mol. The Bertz CT molecular complexity index is 1210. The van der Waals surface area contributed by atoms with Crippen LogP contribution in [-0.4, -0.2) is 44.8 Å². The first kappa shape index (κ1) is 21.9. The van der Waals surface area contributed by atoms with Crippen molar-refractivity contribution >= 4 is 40.7 Å². The molecule has 1 amide bonds. The second kappa shape index (κ2) is 7.67. The molecule has 0 saturated heterocycles. The van der Waals surface area contributed by atoms with Gasteiger partial charge in [-0.15, -0.1) is 6.57 Å². The molecular weight excluding hydrogens is 434 g/mol. The molecule has 1 saturated carbocycles. The van der Waals surface area contributed by atoms with E-state index in [0.29, 0.717) is 12.0 Å². The summed E-state index contributed by atoms with van der Waals surface area (Å²) in [5.41, 5.74) is 5.77. The highest BCUT2D eigenvalue weighted by atomic mass is 32.2. The zero-order valence-electron chi connectivity index (χ0n) is 17.6. The summed E-state index contributed by atoms with van der Waals surface area (Å²) in [4.78, 5) is 29.5. The maximum Gasteiger partial charge on any atom is 0.371 e. The molecule has 3 atom stereocenters. The number of aliphatic imine (C=N–C) groups is 1. The first-order valence-corrected chi connectivity index (χ1v) is 10.6. The lowest BCUT2D eigenvalue weighted by Gasteiger charge is -2.34. The summed E-state index contributed by atoms with van der Waals surface area (Å²) >= 11 is 1.22. The van der Waals surface area contributed by atoms with Crippen LogP contribution in [0.4, 0.5) is 14.7 Å². The van der Waals surface area contributed by atoms with Gasteiger partial charge in [0.25, 0.3) is 0 Å². The standard InChI is InChI=1S/C22H20F2N6OS/c1-21(17-9-22(17,18(31)30(3)4)32-19(25)29-21)14-7-12(5-6-15(14)23)8-16(24)13-10-27-20(26-2)28-11-13/h5-8,10-11,17H,9H2,1,3-4H3,(H2,25,29)/b16-8-/t17-,21+,22-/m0/s1. The minimum Gasteiger partial charge on any atom is -0.394 e. The summed E-state index contributed by atoms with van der Waals surface area (Å²) in [6.45, 7) is 8.63. The van der Waals surface area contributed by atoms with Crippen molar-refractivity contribution in [1.82, 2.24) is 14.9 Å². The molecule has 0 bridgehead atoms. The van der Waals surface area contributed by atoms with Crippen molar-refractivity contribution in [2.24, 2.45) is 16.6 Å². The number of benzene rings is 1. The Morgan fingerprint density at radius 3 is 2.69 bits per heavy atom. The Kier molecular flexibility index (Phi) is 5.25. The highest BCUT2D eigenvalue weighted by Crippen LogP contribution is 2.66. The van der Waals surface area contributed by atoms with Gasteiger partial charge in [0.05, 0.1) is 23.5 Å². The topological polar surface area (TPSA) is 88.8 Å². The largest absolute Gasteiger partial charge is 0.394 e. The van der Waals surface area contributed by atoms with E-state index in [0.717, 1.165) is 0 Å². The zero-order valence-corrected chi connectivity index (χ0v) is 18.5. The first-order chi connectivity index (χ1) is 15.1. The number of fused-ring (bicyclic) bond motifs is 1. The van der Waals surface area contributed by atoms with Gasteiger partial charge in [-0.1, -0.05) is 17.8 Å². The molecule has 0 spiro atoms. The van der Waals surface area contributed by atoms with Crippen molar-refractivity contribution in [3.05, 3.63) is 64.5 Å². The average Bonchev–Trinajstić information content (AvgIpc) is 3.51. The molecule has 10 heteroatoms. The Morgan fingerprint density at radius 2 is 2.06 bits per heavy atom. The Morgan fingerprint density at radius 1 is 1.38 bits per heavy atom. The number of thioether (sulfide) groups is 1. The fraction of sp³-hybridized carbons (Fsp3) is 0.318. The van der Waals surface area contributed by atoms with E-state index >= 15 is 0 Å². The molecule has 4 rings (SSSR count). The van der Waals surface area contributed by atoms with E-state index in [-0.39, 0.29) is 34.1 Å². The van der Waals surface area contributed by atoms with Gasteiger partial charge in [0, 0.05) is 25.6 Å². The van der Waals surface area contributed by atoms with Crippen molar-refractivity contribution in [2.45, 2.75) is 23.6 Å². The highest BCUT2D eigenvalue weighted by molar-refractivity contribution is 8.15. The lowest BCUT2D eigenvalue weighted by atomic mass is 9.84. The summed E-state index contributed by atoms with van der Waals surface area (Å²) in [6, 6.07) is 4.23. The molecule has 2 aliphatic rings. The summed E-state index contributed by atoms with van der Waals surface area (Å²) in [5.74, 6) is -1.53. The predicted octanol–water partition coefficient (Wildman–Crippen LogP) is 3.76. The maximum absolute atomic E-state index is 15.0. The van der Waals surface area contributed by atoms with E-state index in [4.69, 9.17) is 12.3 Å². The van der Waals surface area contributed by atoms with Crippen LogP contribution in [0.15, 0.2) is 35.6 Å². The highest BCUT2D eigenvalue weighted by Gasteiger charge is 2.71. The number of rotatable bonds is 4. The van der Waals surface area contributed by atoms with E-state index in [1.165, 1.54) is 53.3 Å². The molecule has 2 heterocycles. The van der Waals surface area contributed by atoms with Gasteiger partial charge in [0.2, 0.25) is 5.91 Å². The van der Waals surface area contributed by atoms with Crippen LogP contribution in [0.5, 0.6) is 0 Å². The summed E-state index contributed by atoms with van der Waals surface area (Å²) in [7, 11) is 3.35. The third kappa shape index (κ3) is 3.52. The van der Waals surface area contributed by atoms with Gasteiger partial charge < -0.3 is 15.5 Å². The molecular formula is C22H20F2N6OS. The first-order valence-electron chi connectivity index (χ1n) is 9.74. The SMILES string of the molecule is [C-]#[N+]c1ncc(/C(F)=C/c2ccc(F)c([C@@]3(C)N=C(N)S[C@@]4(C(=O)N(C)C)C[C@H]43)c2)cn1. The fourth-order valence-corrected chi connectivity index (χ4v) is 5.69. The molecule has 1 fully saturated rings. The van der Waals surface area contributed by atoms with Crippen LogP contribution in [0.3, 0.4) is 0 Å². The normalized spacial score (nSPS) is 26.6. The fourth-order valence-electron chi connectivity index (χ4n) is 4.19. The lowest BCUT2D eigenvalue weighted by Crippen LogP contribution is -2.43. The number of hydrogen-bond donors (Lipinski definition) is 1. The third-order valence-corrected chi connectivity index (χ3v) is 7.12. The number of carbonyl (C=O) groups is 1. The molecule has 2 aromatic rings. The summed E-state index contributed by atoms with van der Waals surface area (Å²) in [5, 5.41) is 0.222. The Hall–Kier alpha value is -3.32. The van der Waals surface area contributed by atoms with Crippen LogP contribution in [-0.2, 0) is 10.3 Å². The van der Waals surface area contributed by atoms with Gasteiger partial charge in [-0.2, -0.15) is 9.97 Å². The van der Waals surface area contributed by atoms with Gasteiger partial charge in [0.15, 0.2) is 5.17 Å². The van der Waals surface area contributed by atoms with Crippen LogP contribution >= 0.6 is 11.8 Å². The van der Waals surface area contributed by atoms with Crippen LogP contribution in [0.25, 0.3) is 16.7 Å². The molecule has 1 aliphatic heterocycles. The van der Waals surface area contributed by atoms with Crippen molar-refractivity contribution in [3.8, 4) is 0 Å². The summed E-state index contributed by atoms with van der Waals surface area (Å²) < 4.78 is 28.9. The molecule has 0 radical (unpaired) electrons. The van der Waals surface area contributed by atoms with Gasteiger partial charge in [-0.05, 0) is 37.1 Å². The number of nitrogens with zero attached hydrogens (tertiary/aromatic N) is 5.